The van der Waals surface area contributed by atoms with Crippen molar-refractivity contribution in [2.75, 3.05) is 6.54 Å². The van der Waals surface area contributed by atoms with Crippen molar-refractivity contribution in [3.63, 3.8) is 0 Å². The van der Waals surface area contributed by atoms with Gasteiger partial charge in [0.25, 0.3) is 0 Å². The molecule has 0 aliphatic carbocycles. The van der Waals surface area contributed by atoms with Gasteiger partial charge in [-0.05, 0) is 28.8 Å². The lowest BCUT2D eigenvalue weighted by molar-refractivity contribution is 0.462. The van der Waals surface area contributed by atoms with Crippen molar-refractivity contribution in [2.24, 2.45) is 5.92 Å². The van der Waals surface area contributed by atoms with Crippen LogP contribution in [-0.4, -0.2) is 6.54 Å². The number of hydrogen-bond acceptors (Lipinski definition) is 2. The first-order chi connectivity index (χ1) is 8.77. The highest BCUT2D eigenvalue weighted by atomic mass is 32.1. The molecule has 0 spiro atoms. The summed E-state index contributed by atoms with van der Waals surface area (Å²) in [4.78, 5) is 1.41. The normalized spacial score (nSPS) is 12.8. The fraction of sp³-hybridized carbons (Fsp3) is 0.375. The fourth-order valence-corrected chi connectivity index (χ4v) is 2.88. The van der Waals surface area contributed by atoms with Crippen LogP contribution in [0.25, 0.3) is 0 Å². The van der Waals surface area contributed by atoms with E-state index in [2.05, 4.69) is 67.0 Å². The predicted molar refractivity (Wildman–Crippen MR) is 80.0 cm³/mol. The smallest absolute Gasteiger partial charge is 0.0299 e. The maximum absolute atomic E-state index is 3.58. The molecule has 1 N–H and O–H groups in total. The largest absolute Gasteiger partial charge is 0.311 e. The molecule has 18 heavy (non-hydrogen) atoms. The first-order valence-electron chi connectivity index (χ1n) is 6.55. The van der Waals surface area contributed by atoms with E-state index in [0.29, 0.717) is 11.8 Å². The van der Waals surface area contributed by atoms with Gasteiger partial charge < -0.3 is 5.32 Å². The molecule has 2 aromatic rings. The summed E-state index contributed by atoms with van der Waals surface area (Å²) in [5.74, 6) is 1.24. The highest BCUT2D eigenvalue weighted by Crippen LogP contribution is 2.23. The average molecular weight is 259 g/mol. The summed E-state index contributed by atoms with van der Waals surface area (Å²) < 4.78 is 0. The molecular formula is C16H21NS. The molecule has 0 amide bonds. The second-order valence-electron chi connectivity index (χ2n) is 4.97. The first kappa shape index (κ1) is 13.3. The van der Waals surface area contributed by atoms with Gasteiger partial charge in [0.15, 0.2) is 0 Å². The van der Waals surface area contributed by atoms with Crippen molar-refractivity contribution >= 4 is 11.3 Å². The second-order valence-corrected chi connectivity index (χ2v) is 6.00. The Balaban J connectivity index is 1.91. The van der Waals surface area contributed by atoms with Gasteiger partial charge in [0, 0.05) is 18.0 Å². The summed E-state index contributed by atoms with van der Waals surface area (Å²) in [6.45, 7) is 6.61. The molecule has 2 rings (SSSR count). The molecule has 0 aliphatic heterocycles. The number of thiophene rings is 1. The maximum Gasteiger partial charge on any atom is 0.0299 e. The number of nitrogens with one attached hydrogen (secondary N) is 1. The van der Waals surface area contributed by atoms with Crippen molar-refractivity contribution in [2.45, 2.75) is 26.3 Å². The van der Waals surface area contributed by atoms with E-state index in [-0.39, 0.29) is 0 Å². The monoisotopic (exact) mass is 259 g/mol. The van der Waals surface area contributed by atoms with Gasteiger partial charge in [-0.3, -0.25) is 0 Å². The van der Waals surface area contributed by atoms with E-state index in [4.69, 9.17) is 0 Å². The molecule has 1 heterocycles. The molecule has 0 fully saturated rings. The van der Waals surface area contributed by atoms with E-state index in [0.717, 1.165) is 13.1 Å². The van der Waals surface area contributed by atoms with Crippen molar-refractivity contribution in [3.05, 3.63) is 58.3 Å². The molecule has 96 valence electrons. The molecular weight excluding hydrogens is 238 g/mol. The van der Waals surface area contributed by atoms with Crippen LogP contribution >= 0.6 is 11.3 Å². The Bertz CT molecular complexity index is 433. The van der Waals surface area contributed by atoms with E-state index in [9.17, 15) is 0 Å². The molecule has 0 bridgehead atoms. The Morgan fingerprint density at radius 3 is 2.44 bits per heavy atom. The van der Waals surface area contributed by atoms with Gasteiger partial charge >= 0.3 is 0 Å². The van der Waals surface area contributed by atoms with Gasteiger partial charge in [-0.15, -0.1) is 11.3 Å². The van der Waals surface area contributed by atoms with Crippen LogP contribution in [-0.2, 0) is 6.54 Å². The minimum Gasteiger partial charge on any atom is -0.311 e. The highest BCUT2D eigenvalue weighted by molar-refractivity contribution is 7.09. The first-order valence-corrected chi connectivity index (χ1v) is 7.43. The third-order valence-electron chi connectivity index (χ3n) is 3.28. The summed E-state index contributed by atoms with van der Waals surface area (Å²) >= 11 is 1.82. The maximum atomic E-state index is 3.58. The highest BCUT2D eigenvalue weighted by Gasteiger charge is 2.14. The van der Waals surface area contributed by atoms with Gasteiger partial charge in [-0.1, -0.05) is 50.2 Å². The number of hydrogen-bond donors (Lipinski definition) is 1. The van der Waals surface area contributed by atoms with Gasteiger partial charge in [0.05, 0.1) is 0 Å². The van der Waals surface area contributed by atoms with Crippen LogP contribution in [0.5, 0.6) is 0 Å². The number of benzene rings is 1. The molecule has 1 aromatic heterocycles. The van der Waals surface area contributed by atoms with Gasteiger partial charge in [-0.25, -0.2) is 0 Å². The third kappa shape index (κ3) is 3.69. The lowest BCUT2D eigenvalue weighted by atomic mass is 9.88. The molecule has 1 nitrogen and oxygen atoms in total. The molecule has 0 aliphatic rings. The molecule has 2 heteroatoms. The van der Waals surface area contributed by atoms with E-state index < -0.39 is 0 Å². The Labute approximate surface area is 114 Å². The zero-order chi connectivity index (χ0) is 12.8. The van der Waals surface area contributed by atoms with Crippen LogP contribution in [0.4, 0.5) is 0 Å². The summed E-state index contributed by atoms with van der Waals surface area (Å²) in [6.07, 6.45) is 0. The second kappa shape index (κ2) is 6.72. The summed E-state index contributed by atoms with van der Waals surface area (Å²) in [7, 11) is 0. The molecule has 0 radical (unpaired) electrons. The molecule has 1 unspecified atom stereocenters. The summed E-state index contributed by atoms with van der Waals surface area (Å²) in [5, 5.41) is 5.71. The Morgan fingerprint density at radius 2 is 1.83 bits per heavy atom. The Hall–Kier alpha value is -1.12. The Kier molecular flexibility index (Phi) is 4.97. The zero-order valence-corrected chi connectivity index (χ0v) is 11.9. The van der Waals surface area contributed by atoms with Crippen LogP contribution in [0.15, 0.2) is 47.8 Å². The molecule has 0 saturated heterocycles. The van der Waals surface area contributed by atoms with Gasteiger partial charge in [0.2, 0.25) is 0 Å². The standard InChI is InChI=1S/C16H21NS/c1-13(2)16(14-7-4-3-5-8-14)12-17-11-15-9-6-10-18-15/h3-10,13,16-17H,11-12H2,1-2H3. The lowest BCUT2D eigenvalue weighted by Gasteiger charge is -2.21. The average Bonchev–Trinajstić information content (AvgIpc) is 2.88. The summed E-state index contributed by atoms with van der Waals surface area (Å²) in [5.41, 5.74) is 1.44. The van der Waals surface area contributed by atoms with Crippen LogP contribution in [0.2, 0.25) is 0 Å². The van der Waals surface area contributed by atoms with Crippen molar-refractivity contribution in [3.8, 4) is 0 Å². The number of rotatable bonds is 6. The topological polar surface area (TPSA) is 12.0 Å². The molecule has 0 saturated carbocycles. The zero-order valence-electron chi connectivity index (χ0n) is 11.1. The summed E-state index contributed by atoms with van der Waals surface area (Å²) in [6, 6.07) is 15.1. The van der Waals surface area contributed by atoms with Gasteiger partial charge in [-0.2, -0.15) is 0 Å². The van der Waals surface area contributed by atoms with E-state index >= 15 is 0 Å². The van der Waals surface area contributed by atoms with Crippen LogP contribution < -0.4 is 5.32 Å². The molecule has 1 atom stereocenters. The minimum atomic E-state index is 0.589. The van der Waals surface area contributed by atoms with Crippen LogP contribution in [0.1, 0.15) is 30.2 Å². The third-order valence-corrected chi connectivity index (χ3v) is 4.15. The Morgan fingerprint density at radius 1 is 1.06 bits per heavy atom. The van der Waals surface area contributed by atoms with E-state index in [1.165, 1.54) is 10.4 Å². The predicted octanol–water partition coefficient (Wildman–Crippen LogP) is 4.28. The quantitative estimate of drug-likeness (QED) is 0.816. The van der Waals surface area contributed by atoms with Crippen molar-refractivity contribution in [1.82, 2.24) is 5.32 Å². The van der Waals surface area contributed by atoms with E-state index in [1.807, 2.05) is 11.3 Å². The fourth-order valence-electron chi connectivity index (χ4n) is 2.20. The van der Waals surface area contributed by atoms with E-state index in [1.54, 1.807) is 0 Å². The van der Waals surface area contributed by atoms with Crippen LogP contribution in [0, 0.1) is 5.92 Å². The minimum absolute atomic E-state index is 0.589. The molecule has 1 aromatic carbocycles. The van der Waals surface area contributed by atoms with Crippen molar-refractivity contribution in [1.29, 1.82) is 0 Å². The van der Waals surface area contributed by atoms with Gasteiger partial charge in [0.1, 0.15) is 0 Å². The SMILES string of the molecule is CC(C)C(CNCc1cccs1)c1ccccc1. The van der Waals surface area contributed by atoms with Crippen LogP contribution in [0.3, 0.4) is 0 Å². The van der Waals surface area contributed by atoms with Crippen molar-refractivity contribution < 1.29 is 0 Å². The lowest BCUT2D eigenvalue weighted by Crippen LogP contribution is -2.24.